The molecule has 102 valence electrons. The molecule has 1 aliphatic rings. The van der Waals surface area contributed by atoms with Gasteiger partial charge in [-0.25, -0.2) is 4.98 Å². The standard InChI is InChI=1S/C16H23N3/c1-4-12(3)17-10-16-18-14-9-11(2)5-8-15(14)19(16)13-6-7-13/h5,8-9,12-13,17H,4,6-7,10H2,1-3H3. The van der Waals surface area contributed by atoms with Crippen LogP contribution in [0.1, 0.15) is 50.5 Å². The highest BCUT2D eigenvalue weighted by Gasteiger charge is 2.28. The van der Waals surface area contributed by atoms with E-state index >= 15 is 0 Å². The number of aryl methyl sites for hydroxylation is 1. The second-order valence-electron chi connectivity index (χ2n) is 5.81. The monoisotopic (exact) mass is 257 g/mol. The zero-order chi connectivity index (χ0) is 13.4. The predicted octanol–water partition coefficient (Wildman–Crippen LogP) is 3.57. The number of aromatic nitrogens is 2. The average molecular weight is 257 g/mol. The van der Waals surface area contributed by atoms with Gasteiger partial charge >= 0.3 is 0 Å². The fourth-order valence-corrected chi connectivity index (χ4v) is 2.53. The van der Waals surface area contributed by atoms with E-state index in [1.807, 2.05) is 0 Å². The van der Waals surface area contributed by atoms with Crippen LogP contribution in [0.4, 0.5) is 0 Å². The van der Waals surface area contributed by atoms with Gasteiger partial charge in [0.2, 0.25) is 0 Å². The van der Waals surface area contributed by atoms with Crippen LogP contribution in [0, 0.1) is 6.92 Å². The summed E-state index contributed by atoms with van der Waals surface area (Å²) < 4.78 is 2.45. The molecular weight excluding hydrogens is 234 g/mol. The van der Waals surface area contributed by atoms with Crippen molar-refractivity contribution >= 4 is 11.0 Å². The molecule has 1 aromatic heterocycles. The Morgan fingerprint density at radius 3 is 2.89 bits per heavy atom. The molecule has 0 amide bonds. The number of hydrogen-bond donors (Lipinski definition) is 1. The molecular formula is C16H23N3. The van der Waals surface area contributed by atoms with Gasteiger partial charge in [0, 0.05) is 12.1 Å². The summed E-state index contributed by atoms with van der Waals surface area (Å²) in [5.41, 5.74) is 3.73. The molecule has 1 fully saturated rings. The number of nitrogens with one attached hydrogen (secondary N) is 1. The Labute approximate surface area is 115 Å². The van der Waals surface area contributed by atoms with Crippen LogP contribution in [0.3, 0.4) is 0 Å². The SMILES string of the molecule is CCC(C)NCc1nc2cc(C)ccc2n1C1CC1. The molecule has 1 N–H and O–H groups in total. The van der Waals surface area contributed by atoms with Gasteiger partial charge in [-0.2, -0.15) is 0 Å². The minimum atomic E-state index is 0.550. The first-order chi connectivity index (χ1) is 9.19. The van der Waals surface area contributed by atoms with E-state index in [1.54, 1.807) is 0 Å². The van der Waals surface area contributed by atoms with Gasteiger partial charge in [0.1, 0.15) is 5.82 Å². The lowest BCUT2D eigenvalue weighted by molar-refractivity contribution is 0.511. The topological polar surface area (TPSA) is 29.9 Å². The highest BCUT2D eigenvalue weighted by molar-refractivity contribution is 5.77. The number of nitrogens with zero attached hydrogens (tertiary/aromatic N) is 2. The van der Waals surface area contributed by atoms with E-state index in [0.29, 0.717) is 12.1 Å². The number of imidazole rings is 1. The van der Waals surface area contributed by atoms with Crippen molar-refractivity contribution in [3.8, 4) is 0 Å². The number of benzene rings is 1. The quantitative estimate of drug-likeness (QED) is 0.887. The van der Waals surface area contributed by atoms with Crippen LogP contribution < -0.4 is 5.32 Å². The summed E-state index contributed by atoms with van der Waals surface area (Å²) in [4.78, 5) is 4.84. The average Bonchev–Trinajstić information content (AvgIpc) is 3.17. The van der Waals surface area contributed by atoms with Gasteiger partial charge in [0.15, 0.2) is 0 Å². The van der Waals surface area contributed by atoms with E-state index < -0.39 is 0 Å². The summed E-state index contributed by atoms with van der Waals surface area (Å²) in [5.74, 6) is 1.20. The first kappa shape index (κ1) is 12.7. The Morgan fingerprint density at radius 1 is 1.42 bits per heavy atom. The van der Waals surface area contributed by atoms with Crippen LogP contribution >= 0.6 is 0 Å². The third-order valence-corrected chi connectivity index (χ3v) is 4.05. The molecule has 1 saturated carbocycles. The van der Waals surface area contributed by atoms with Crippen molar-refractivity contribution in [3.05, 3.63) is 29.6 Å². The van der Waals surface area contributed by atoms with Crippen molar-refractivity contribution in [3.63, 3.8) is 0 Å². The first-order valence-corrected chi connectivity index (χ1v) is 7.40. The van der Waals surface area contributed by atoms with E-state index in [-0.39, 0.29) is 0 Å². The van der Waals surface area contributed by atoms with E-state index in [2.05, 4.69) is 48.9 Å². The Balaban J connectivity index is 1.95. The molecule has 3 nitrogen and oxygen atoms in total. The lowest BCUT2D eigenvalue weighted by Crippen LogP contribution is -2.26. The minimum Gasteiger partial charge on any atom is -0.324 e. The van der Waals surface area contributed by atoms with Gasteiger partial charge in [0.05, 0.1) is 17.6 Å². The Morgan fingerprint density at radius 2 is 2.21 bits per heavy atom. The second-order valence-corrected chi connectivity index (χ2v) is 5.81. The highest BCUT2D eigenvalue weighted by Crippen LogP contribution is 2.38. The molecule has 1 heterocycles. The maximum absolute atomic E-state index is 4.84. The summed E-state index contributed by atoms with van der Waals surface area (Å²) >= 11 is 0. The van der Waals surface area contributed by atoms with Crippen LogP contribution in [0.2, 0.25) is 0 Å². The number of rotatable bonds is 5. The van der Waals surface area contributed by atoms with Crippen LogP contribution in [-0.2, 0) is 6.54 Å². The zero-order valence-electron chi connectivity index (χ0n) is 12.1. The normalized spacial score (nSPS) is 17.0. The molecule has 2 aromatic rings. The van der Waals surface area contributed by atoms with Gasteiger partial charge < -0.3 is 9.88 Å². The summed E-state index contributed by atoms with van der Waals surface area (Å²) in [7, 11) is 0. The van der Waals surface area contributed by atoms with E-state index in [4.69, 9.17) is 4.98 Å². The fourth-order valence-electron chi connectivity index (χ4n) is 2.53. The van der Waals surface area contributed by atoms with E-state index in [0.717, 1.165) is 18.5 Å². The Hall–Kier alpha value is -1.35. The molecule has 0 bridgehead atoms. The second kappa shape index (κ2) is 4.97. The van der Waals surface area contributed by atoms with Crippen molar-refractivity contribution in [1.82, 2.24) is 14.9 Å². The highest BCUT2D eigenvalue weighted by atomic mass is 15.2. The molecule has 19 heavy (non-hydrogen) atoms. The van der Waals surface area contributed by atoms with Crippen LogP contribution in [0.25, 0.3) is 11.0 Å². The largest absolute Gasteiger partial charge is 0.324 e. The summed E-state index contributed by atoms with van der Waals surface area (Å²) in [6.45, 7) is 7.45. The first-order valence-electron chi connectivity index (χ1n) is 7.40. The summed E-state index contributed by atoms with van der Waals surface area (Å²) in [6.07, 6.45) is 3.76. The van der Waals surface area contributed by atoms with Crippen molar-refractivity contribution in [2.75, 3.05) is 0 Å². The van der Waals surface area contributed by atoms with E-state index in [1.165, 1.54) is 29.7 Å². The number of hydrogen-bond acceptors (Lipinski definition) is 2. The van der Waals surface area contributed by atoms with Crippen molar-refractivity contribution in [2.45, 2.75) is 58.7 Å². The lowest BCUT2D eigenvalue weighted by atomic mass is 10.2. The van der Waals surface area contributed by atoms with Gasteiger partial charge in [0.25, 0.3) is 0 Å². The molecule has 3 rings (SSSR count). The van der Waals surface area contributed by atoms with Gasteiger partial charge in [-0.05, 0) is 50.8 Å². The van der Waals surface area contributed by atoms with Crippen molar-refractivity contribution in [1.29, 1.82) is 0 Å². The molecule has 0 saturated heterocycles. The lowest BCUT2D eigenvalue weighted by Gasteiger charge is -2.12. The Bertz CT molecular complexity index is 581. The Kier molecular flexibility index (Phi) is 3.31. The van der Waals surface area contributed by atoms with Gasteiger partial charge in [-0.3, -0.25) is 0 Å². The summed E-state index contributed by atoms with van der Waals surface area (Å²) in [5, 5.41) is 3.56. The van der Waals surface area contributed by atoms with Gasteiger partial charge in [-0.1, -0.05) is 13.0 Å². The molecule has 1 aromatic carbocycles. The molecule has 0 radical (unpaired) electrons. The van der Waals surface area contributed by atoms with Crippen LogP contribution in [0.5, 0.6) is 0 Å². The number of fused-ring (bicyclic) bond motifs is 1. The third-order valence-electron chi connectivity index (χ3n) is 4.05. The molecule has 1 unspecified atom stereocenters. The summed E-state index contributed by atoms with van der Waals surface area (Å²) in [6, 6.07) is 7.84. The maximum atomic E-state index is 4.84. The van der Waals surface area contributed by atoms with Crippen molar-refractivity contribution < 1.29 is 0 Å². The third kappa shape index (κ3) is 2.52. The minimum absolute atomic E-state index is 0.550. The zero-order valence-corrected chi connectivity index (χ0v) is 12.1. The molecule has 1 aliphatic carbocycles. The molecule has 0 spiro atoms. The maximum Gasteiger partial charge on any atom is 0.124 e. The molecule has 1 atom stereocenters. The van der Waals surface area contributed by atoms with Crippen molar-refractivity contribution in [2.24, 2.45) is 0 Å². The van der Waals surface area contributed by atoms with Gasteiger partial charge in [-0.15, -0.1) is 0 Å². The smallest absolute Gasteiger partial charge is 0.124 e. The van der Waals surface area contributed by atoms with E-state index in [9.17, 15) is 0 Å². The molecule has 0 aliphatic heterocycles. The predicted molar refractivity (Wildman–Crippen MR) is 79.3 cm³/mol. The van der Waals surface area contributed by atoms with Crippen LogP contribution in [0.15, 0.2) is 18.2 Å². The fraction of sp³-hybridized carbons (Fsp3) is 0.562. The van der Waals surface area contributed by atoms with Crippen LogP contribution in [-0.4, -0.2) is 15.6 Å². The molecule has 3 heteroatoms.